The Labute approximate surface area is 108 Å². The second-order valence-corrected chi connectivity index (χ2v) is 0.726. The van der Waals surface area contributed by atoms with Crippen molar-refractivity contribution < 1.29 is 61.3 Å². The van der Waals surface area contributed by atoms with Gasteiger partial charge in [-0.2, -0.15) is 0 Å². The van der Waals surface area contributed by atoms with Gasteiger partial charge in [0.15, 0.2) is 0 Å². The number of hydrogen-bond donors (Lipinski definition) is 0. The first-order valence-electron chi connectivity index (χ1n) is 1.47. The van der Waals surface area contributed by atoms with Gasteiger partial charge in [0.25, 0.3) is 0 Å². The molecule has 4 heteroatoms. The van der Waals surface area contributed by atoms with E-state index in [4.69, 9.17) is 0 Å². The van der Waals surface area contributed by atoms with E-state index in [-0.39, 0.29) is 87.4 Å². The summed E-state index contributed by atoms with van der Waals surface area (Å²) >= 11 is 0. The van der Waals surface area contributed by atoms with Gasteiger partial charge in [-0.1, -0.05) is 6.92 Å². The van der Waals surface area contributed by atoms with Crippen LogP contribution in [0.5, 0.6) is 0 Å². The Hall–Kier alpha value is 2.11. The summed E-state index contributed by atoms with van der Waals surface area (Å²) in [6.07, 6.45) is 0.111. The van der Waals surface area contributed by atoms with Gasteiger partial charge in [0.1, 0.15) is 0 Å². The molecule has 0 aromatic rings. The Morgan fingerprint density at radius 2 is 1.86 bits per heavy atom. The summed E-state index contributed by atoms with van der Waals surface area (Å²) in [7, 11) is 0. The van der Waals surface area contributed by atoms with Crippen molar-refractivity contribution >= 4 is 35.5 Å². The fourth-order valence-electron chi connectivity index (χ4n) is 0. The van der Waals surface area contributed by atoms with E-state index in [0.717, 1.165) is 0 Å². The van der Waals surface area contributed by atoms with Crippen LogP contribution in [0.25, 0.3) is 0 Å². The third-order valence-corrected chi connectivity index (χ3v) is 0.289. The molecule has 0 unspecified atom stereocenters. The Bertz CT molecular complexity index is 48.2. The van der Waals surface area contributed by atoms with Gasteiger partial charge in [-0.05, 0) is 6.42 Å². The first kappa shape index (κ1) is 16.0. The van der Waals surface area contributed by atoms with Gasteiger partial charge < -0.3 is 9.90 Å². The zero-order valence-electron chi connectivity index (χ0n) is 4.02. The maximum atomic E-state index is 9.26. The van der Waals surface area contributed by atoms with Gasteiger partial charge in [-0.25, -0.2) is 0 Å². The SMILES string of the molecule is CCC(=O)[O-].[K+].[NaH]. The molecular formula is C3H6KNaO2. The van der Waals surface area contributed by atoms with Crippen molar-refractivity contribution in [2.75, 3.05) is 0 Å². The average molecular weight is 136 g/mol. The summed E-state index contributed by atoms with van der Waals surface area (Å²) in [5.74, 6) is -0.995. The summed E-state index contributed by atoms with van der Waals surface area (Å²) in [6, 6.07) is 0. The number of rotatable bonds is 1. The van der Waals surface area contributed by atoms with Crippen LogP contribution in [0.3, 0.4) is 0 Å². The molecule has 0 aromatic heterocycles. The monoisotopic (exact) mass is 136 g/mol. The molecule has 7 heavy (non-hydrogen) atoms. The molecule has 0 bridgehead atoms. The van der Waals surface area contributed by atoms with Crippen LogP contribution in [-0.2, 0) is 4.79 Å². The second kappa shape index (κ2) is 11.0. The van der Waals surface area contributed by atoms with Crippen molar-refractivity contribution in [1.29, 1.82) is 0 Å². The van der Waals surface area contributed by atoms with Gasteiger partial charge in [-0.3, -0.25) is 0 Å². The third kappa shape index (κ3) is 17.9. The van der Waals surface area contributed by atoms with Crippen LogP contribution in [0, 0.1) is 0 Å². The molecule has 0 saturated heterocycles. The third-order valence-electron chi connectivity index (χ3n) is 0.289. The maximum absolute atomic E-state index is 9.26. The molecule has 0 radical (unpaired) electrons. The molecule has 0 aliphatic rings. The molecule has 0 aromatic carbocycles. The van der Waals surface area contributed by atoms with Gasteiger partial charge in [-0.15, -0.1) is 0 Å². The summed E-state index contributed by atoms with van der Waals surface area (Å²) < 4.78 is 0. The molecule has 0 amide bonds. The van der Waals surface area contributed by atoms with E-state index in [2.05, 4.69) is 0 Å². The predicted octanol–water partition coefficient (Wildman–Crippen LogP) is -4.50. The fourth-order valence-corrected chi connectivity index (χ4v) is 0. The standard InChI is InChI=1S/C3H6O2.K.Na.H/c1-2-3(4)5;;;/h2H2,1H3,(H,4,5);;;/q;+1;;/p-1. The first-order chi connectivity index (χ1) is 2.27. The van der Waals surface area contributed by atoms with E-state index in [1.807, 2.05) is 0 Å². The Morgan fingerprint density at radius 3 is 1.86 bits per heavy atom. The topological polar surface area (TPSA) is 40.1 Å². The van der Waals surface area contributed by atoms with Crippen LogP contribution in [0.2, 0.25) is 0 Å². The summed E-state index contributed by atoms with van der Waals surface area (Å²) in [5, 5.41) is 9.26. The number of hydrogen-bond acceptors (Lipinski definition) is 2. The van der Waals surface area contributed by atoms with E-state index in [0.29, 0.717) is 0 Å². The molecular weight excluding hydrogens is 130 g/mol. The van der Waals surface area contributed by atoms with Crippen LogP contribution in [0.15, 0.2) is 0 Å². The molecule has 32 valence electrons. The summed E-state index contributed by atoms with van der Waals surface area (Å²) in [4.78, 5) is 9.26. The number of carboxylic acids is 1. The minimum atomic E-state index is -0.995. The molecule has 0 fully saturated rings. The van der Waals surface area contributed by atoms with Crippen LogP contribution in [-0.4, -0.2) is 35.5 Å². The molecule has 0 atom stereocenters. The van der Waals surface area contributed by atoms with Crippen molar-refractivity contribution in [1.82, 2.24) is 0 Å². The normalized spacial score (nSPS) is 5.29. The summed E-state index contributed by atoms with van der Waals surface area (Å²) in [6.45, 7) is 1.54. The molecule has 0 saturated carbocycles. The Balaban J connectivity index is -0.0000000800. The molecule has 0 spiro atoms. The Morgan fingerprint density at radius 1 is 1.71 bits per heavy atom. The quantitative estimate of drug-likeness (QED) is 0.341. The van der Waals surface area contributed by atoms with Crippen LogP contribution < -0.4 is 56.5 Å². The first-order valence-corrected chi connectivity index (χ1v) is 1.47. The zero-order valence-corrected chi connectivity index (χ0v) is 7.15. The second-order valence-electron chi connectivity index (χ2n) is 0.726. The number of carbonyl (C=O) groups excluding carboxylic acids is 1. The predicted molar refractivity (Wildman–Crippen MR) is 22.4 cm³/mol. The van der Waals surface area contributed by atoms with Gasteiger partial charge in [0.2, 0.25) is 0 Å². The van der Waals surface area contributed by atoms with Crippen LogP contribution >= 0.6 is 0 Å². The molecule has 0 aliphatic heterocycles. The molecule has 0 N–H and O–H groups in total. The summed E-state index contributed by atoms with van der Waals surface area (Å²) in [5.41, 5.74) is 0. The van der Waals surface area contributed by atoms with E-state index >= 15 is 0 Å². The fraction of sp³-hybridized carbons (Fsp3) is 0.667. The number of carbonyl (C=O) groups is 1. The average Bonchev–Trinajstić information content (AvgIpc) is 1.38. The molecule has 0 rings (SSSR count). The van der Waals surface area contributed by atoms with Crippen LogP contribution in [0.4, 0.5) is 0 Å². The van der Waals surface area contributed by atoms with Gasteiger partial charge in [0, 0.05) is 5.97 Å². The van der Waals surface area contributed by atoms with Crippen molar-refractivity contribution in [3.8, 4) is 0 Å². The van der Waals surface area contributed by atoms with Crippen molar-refractivity contribution in [2.45, 2.75) is 13.3 Å². The van der Waals surface area contributed by atoms with Crippen molar-refractivity contribution in [2.24, 2.45) is 0 Å². The number of aliphatic carboxylic acids is 1. The van der Waals surface area contributed by atoms with Crippen molar-refractivity contribution in [3.05, 3.63) is 0 Å². The van der Waals surface area contributed by atoms with E-state index in [1.165, 1.54) is 6.92 Å². The molecule has 0 aliphatic carbocycles. The van der Waals surface area contributed by atoms with E-state index in [1.54, 1.807) is 0 Å². The van der Waals surface area contributed by atoms with Gasteiger partial charge in [0.05, 0.1) is 0 Å². The molecule has 2 nitrogen and oxygen atoms in total. The molecule has 0 heterocycles. The minimum absolute atomic E-state index is 0. The van der Waals surface area contributed by atoms with Crippen LogP contribution in [0.1, 0.15) is 13.3 Å². The zero-order chi connectivity index (χ0) is 4.28. The van der Waals surface area contributed by atoms with Gasteiger partial charge >= 0.3 is 80.9 Å². The Kier molecular flexibility index (Phi) is 25.2. The van der Waals surface area contributed by atoms with Crippen molar-refractivity contribution in [3.63, 3.8) is 0 Å². The van der Waals surface area contributed by atoms with E-state index in [9.17, 15) is 9.90 Å². The number of carboxylic acid groups (broad SMARTS) is 1. The van der Waals surface area contributed by atoms with E-state index < -0.39 is 5.97 Å².